The second kappa shape index (κ2) is 11.7. The van der Waals surface area contributed by atoms with Gasteiger partial charge in [-0.1, -0.05) is 44.6 Å². The Morgan fingerprint density at radius 1 is 0.941 bits per heavy atom. The van der Waals surface area contributed by atoms with Gasteiger partial charge in [-0.3, -0.25) is 24.0 Å². The van der Waals surface area contributed by atoms with Gasteiger partial charge in [-0.15, -0.1) is 0 Å². The zero-order chi connectivity index (χ0) is 23.9. The fraction of sp³-hybridized carbons (Fsp3) is 0.654. The summed E-state index contributed by atoms with van der Waals surface area (Å²) in [6, 6.07) is 5.85. The van der Waals surface area contributed by atoms with Crippen molar-refractivity contribution in [1.82, 2.24) is 19.8 Å². The molecule has 1 atom stereocenters. The van der Waals surface area contributed by atoms with Crippen LogP contribution in [0.1, 0.15) is 83.1 Å². The first-order valence-corrected chi connectivity index (χ1v) is 13.1. The Morgan fingerprint density at radius 3 is 2.44 bits per heavy atom. The van der Waals surface area contributed by atoms with Crippen LogP contribution >= 0.6 is 0 Å². The van der Waals surface area contributed by atoms with Crippen molar-refractivity contribution >= 4 is 28.5 Å². The average Bonchev–Trinajstić information content (AvgIpc) is 3.09. The van der Waals surface area contributed by atoms with E-state index in [0.717, 1.165) is 42.3 Å². The molecule has 0 spiro atoms. The number of fused-ring (bicyclic) bond motifs is 1. The molecule has 1 saturated heterocycles. The average molecular weight is 470 g/mol. The molecule has 1 aliphatic heterocycles. The molecule has 1 unspecified atom stereocenters. The lowest BCUT2D eigenvalue weighted by Crippen LogP contribution is -2.44. The molecule has 2 heterocycles. The highest BCUT2D eigenvalue weighted by atomic mass is 16.2. The summed E-state index contributed by atoms with van der Waals surface area (Å²) in [6.45, 7) is 1.99. The van der Waals surface area contributed by atoms with E-state index in [-0.39, 0.29) is 18.0 Å². The molecule has 2 amide bonds. The van der Waals surface area contributed by atoms with Gasteiger partial charge in [-0.05, 0) is 50.8 Å². The summed E-state index contributed by atoms with van der Waals surface area (Å²) in [6.07, 6.45) is 13.5. The predicted molar refractivity (Wildman–Crippen MR) is 135 cm³/mol. The van der Waals surface area contributed by atoms with Crippen molar-refractivity contribution in [3.63, 3.8) is 0 Å². The Morgan fingerprint density at radius 2 is 1.68 bits per heavy atom. The lowest BCUT2D eigenvalue weighted by atomic mass is 9.95. The minimum Gasteiger partial charge on any atom is -0.383 e. The number of amides is 2. The molecule has 1 aromatic carbocycles. The number of rotatable bonds is 11. The van der Waals surface area contributed by atoms with Crippen molar-refractivity contribution in [3.05, 3.63) is 28.7 Å². The molecule has 34 heavy (non-hydrogen) atoms. The number of carbonyl (C=O) groups excluding carboxylic acids is 2. The maximum Gasteiger partial charge on any atom is 0.329 e. The van der Waals surface area contributed by atoms with Gasteiger partial charge in [0.1, 0.15) is 6.04 Å². The maximum absolute atomic E-state index is 13.0. The van der Waals surface area contributed by atoms with Gasteiger partial charge >= 0.3 is 5.69 Å². The Bertz CT molecular complexity index is 1050. The monoisotopic (exact) mass is 469 g/mol. The van der Waals surface area contributed by atoms with E-state index in [1.165, 1.54) is 62.4 Å². The molecule has 1 saturated carbocycles. The number of imidazole rings is 1. The molecule has 0 radical (unpaired) electrons. The Hall–Kier alpha value is -2.61. The number of benzene rings is 1. The third-order valence-electron chi connectivity index (χ3n) is 7.33. The van der Waals surface area contributed by atoms with Gasteiger partial charge in [0.15, 0.2) is 0 Å². The summed E-state index contributed by atoms with van der Waals surface area (Å²) in [5.41, 5.74) is 2.18. The molecule has 186 valence electrons. The molecule has 8 nitrogen and oxygen atoms in total. The van der Waals surface area contributed by atoms with Gasteiger partial charge in [0, 0.05) is 26.1 Å². The number of nitrogens with one attached hydrogen (secondary N) is 3. The summed E-state index contributed by atoms with van der Waals surface area (Å²) >= 11 is 0. The van der Waals surface area contributed by atoms with Crippen LogP contribution in [0.2, 0.25) is 0 Å². The van der Waals surface area contributed by atoms with E-state index in [1.54, 1.807) is 11.6 Å². The topological polar surface area (TPSA) is 97.2 Å². The summed E-state index contributed by atoms with van der Waals surface area (Å²) < 4.78 is 3.13. The van der Waals surface area contributed by atoms with E-state index in [1.807, 2.05) is 18.2 Å². The first kappa shape index (κ1) is 24.5. The molecule has 8 heteroatoms. The van der Waals surface area contributed by atoms with Crippen LogP contribution in [-0.2, 0) is 16.6 Å². The van der Waals surface area contributed by atoms with Crippen LogP contribution in [-0.4, -0.2) is 40.1 Å². The van der Waals surface area contributed by atoms with Crippen molar-refractivity contribution in [2.24, 2.45) is 7.05 Å². The summed E-state index contributed by atoms with van der Waals surface area (Å²) in [5.74, 6) is -0.685. The minimum absolute atomic E-state index is 0.236. The number of aromatic nitrogens is 2. The summed E-state index contributed by atoms with van der Waals surface area (Å²) in [4.78, 5) is 36.9. The highest BCUT2D eigenvalue weighted by molar-refractivity contribution is 6.00. The molecule has 3 N–H and O–H groups in total. The normalized spacial score (nSPS) is 19.5. The Balaban J connectivity index is 1.25. The molecule has 2 fully saturated rings. The van der Waals surface area contributed by atoms with Crippen molar-refractivity contribution in [2.75, 3.05) is 18.4 Å². The number of piperidine rings is 1. The van der Waals surface area contributed by atoms with E-state index >= 15 is 0 Å². The van der Waals surface area contributed by atoms with E-state index in [0.29, 0.717) is 6.42 Å². The number of imide groups is 1. The van der Waals surface area contributed by atoms with E-state index in [2.05, 4.69) is 16.0 Å². The SMILES string of the molecule is Cn1c(=O)n(C2CCC(=O)NC2=O)c2cccc(NCCCCCCCNC3CCCCC3)c21. The fourth-order valence-corrected chi connectivity index (χ4v) is 5.43. The van der Waals surface area contributed by atoms with Crippen molar-refractivity contribution in [1.29, 1.82) is 0 Å². The second-order valence-electron chi connectivity index (χ2n) is 9.84. The van der Waals surface area contributed by atoms with E-state index in [4.69, 9.17) is 0 Å². The lowest BCUT2D eigenvalue weighted by molar-refractivity contribution is -0.135. The second-order valence-corrected chi connectivity index (χ2v) is 9.84. The Kier molecular flexibility index (Phi) is 8.43. The smallest absolute Gasteiger partial charge is 0.329 e. The number of hydrogen-bond acceptors (Lipinski definition) is 5. The number of para-hydroxylation sites is 1. The summed E-state index contributed by atoms with van der Waals surface area (Å²) in [7, 11) is 1.74. The maximum atomic E-state index is 13.0. The van der Waals surface area contributed by atoms with Crippen LogP contribution < -0.4 is 21.6 Å². The van der Waals surface area contributed by atoms with Gasteiger partial charge in [-0.25, -0.2) is 4.79 Å². The van der Waals surface area contributed by atoms with Crippen molar-refractivity contribution in [3.8, 4) is 0 Å². The molecule has 0 bridgehead atoms. The highest BCUT2D eigenvalue weighted by Crippen LogP contribution is 2.27. The lowest BCUT2D eigenvalue weighted by Gasteiger charge is -2.22. The summed E-state index contributed by atoms with van der Waals surface area (Å²) in [5, 5.41) is 9.57. The Labute approximate surface area is 201 Å². The van der Waals surface area contributed by atoms with E-state index in [9.17, 15) is 14.4 Å². The van der Waals surface area contributed by atoms with Crippen LogP contribution in [0.25, 0.3) is 11.0 Å². The van der Waals surface area contributed by atoms with Crippen LogP contribution in [0.5, 0.6) is 0 Å². The number of unbranched alkanes of at least 4 members (excludes halogenated alkanes) is 4. The molecular weight excluding hydrogens is 430 g/mol. The van der Waals surface area contributed by atoms with Gasteiger partial charge in [0.2, 0.25) is 11.8 Å². The minimum atomic E-state index is -0.656. The zero-order valence-corrected chi connectivity index (χ0v) is 20.4. The quantitative estimate of drug-likeness (QED) is 0.345. The third-order valence-corrected chi connectivity index (χ3v) is 7.33. The van der Waals surface area contributed by atoms with Crippen molar-refractivity contribution < 1.29 is 9.59 Å². The van der Waals surface area contributed by atoms with Gasteiger partial charge in [0.25, 0.3) is 0 Å². The number of carbonyl (C=O) groups is 2. The first-order chi connectivity index (χ1) is 16.6. The van der Waals surface area contributed by atoms with Gasteiger partial charge in [-0.2, -0.15) is 0 Å². The predicted octanol–water partition coefficient (Wildman–Crippen LogP) is 3.60. The zero-order valence-electron chi connectivity index (χ0n) is 20.4. The highest BCUT2D eigenvalue weighted by Gasteiger charge is 2.31. The number of aryl methyl sites for hydroxylation is 1. The van der Waals surface area contributed by atoms with Crippen LogP contribution in [0.3, 0.4) is 0 Å². The van der Waals surface area contributed by atoms with Gasteiger partial charge < -0.3 is 10.6 Å². The molecule has 1 aliphatic carbocycles. The molecule has 1 aromatic heterocycles. The molecule has 2 aliphatic rings. The van der Waals surface area contributed by atoms with Crippen LogP contribution in [0.15, 0.2) is 23.0 Å². The molecule has 4 rings (SSSR count). The number of anilines is 1. The molecular formula is C26H39N5O3. The molecule has 2 aromatic rings. The van der Waals surface area contributed by atoms with E-state index < -0.39 is 11.9 Å². The third kappa shape index (κ3) is 5.71. The van der Waals surface area contributed by atoms with Crippen LogP contribution in [0.4, 0.5) is 5.69 Å². The number of nitrogens with zero attached hydrogens (tertiary/aromatic N) is 2. The van der Waals surface area contributed by atoms with Gasteiger partial charge in [0.05, 0.1) is 16.7 Å². The first-order valence-electron chi connectivity index (χ1n) is 13.1. The standard InChI is InChI=1S/C26H39N5O3/c1-30-24-20(28-18-9-4-2-3-8-17-27-19-11-6-5-7-12-19)13-10-14-21(24)31(26(30)34)22-15-16-23(32)29-25(22)33/h10,13-14,19,22,27-28H,2-9,11-12,15-18H2,1H3,(H,29,32,33). The van der Waals surface area contributed by atoms with Crippen molar-refractivity contribution in [2.45, 2.75) is 89.1 Å². The largest absolute Gasteiger partial charge is 0.383 e. The number of hydrogen-bond donors (Lipinski definition) is 3. The fourth-order valence-electron chi connectivity index (χ4n) is 5.43. The van der Waals surface area contributed by atoms with Crippen LogP contribution in [0, 0.1) is 0 Å².